The van der Waals surface area contributed by atoms with Gasteiger partial charge in [0.15, 0.2) is 5.65 Å². The molecule has 13 heteroatoms. The molecule has 3 N–H and O–H groups in total. The molecule has 0 spiro atoms. The van der Waals surface area contributed by atoms with Crippen LogP contribution in [0.4, 0.5) is 4.79 Å². The lowest BCUT2D eigenvalue weighted by Gasteiger charge is -2.33. The third kappa shape index (κ3) is 6.73. The number of sulfonamides is 1. The molecule has 2 aromatic carbocycles. The van der Waals surface area contributed by atoms with Gasteiger partial charge in [-0.2, -0.15) is 0 Å². The van der Waals surface area contributed by atoms with Gasteiger partial charge in [0.2, 0.25) is 10.0 Å². The number of hydrogen-bond donors (Lipinski definition) is 3. The summed E-state index contributed by atoms with van der Waals surface area (Å²) in [6.45, 7) is 6.39. The Morgan fingerprint density at radius 3 is 2.21 bits per heavy atom. The maximum Gasteiger partial charge on any atom is 0.407 e. The van der Waals surface area contributed by atoms with Crippen molar-refractivity contribution < 1.29 is 31.8 Å². The van der Waals surface area contributed by atoms with Gasteiger partial charge in [0.1, 0.15) is 12.3 Å². The molecule has 2 heterocycles. The zero-order chi connectivity index (χ0) is 31.6. The van der Waals surface area contributed by atoms with Gasteiger partial charge in [-0.25, -0.2) is 35.3 Å². The van der Waals surface area contributed by atoms with E-state index >= 15 is 0 Å². The molecule has 226 valence electrons. The molecular formula is C30H32N4O7S2. The second kappa shape index (κ2) is 12.2. The van der Waals surface area contributed by atoms with E-state index in [1.54, 1.807) is 57.2 Å². The lowest BCUT2D eigenvalue weighted by Crippen LogP contribution is -2.48. The van der Waals surface area contributed by atoms with Crippen molar-refractivity contribution in [3.05, 3.63) is 78.1 Å². The number of carboxylic acid groups (broad SMARTS) is 1. The Morgan fingerprint density at radius 1 is 1.00 bits per heavy atom. The average Bonchev–Trinajstić information content (AvgIpc) is 3.33. The standard InChI is InChI=1S/C30H32N4O7S2/c1-21-7-11-25(12-8-21)43(40,41)34-23(6-5-19-35)20-27-26(15-16-31-28(27)34)22-9-13-24(14-10-22)42(38,39)32-17-18-33(29(36)37)30(2,3)4/h7-16,20,32,35H,17-19H2,1-4H3,(H,36,37). The minimum Gasteiger partial charge on any atom is -0.465 e. The van der Waals surface area contributed by atoms with Crippen LogP contribution in [-0.4, -0.2) is 72.2 Å². The quantitative estimate of drug-likeness (QED) is 0.251. The van der Waals surface area contributed by atoms with Crippen LogP contribution in [0.2, 0.25) is 0 Å². The van der Waals surface area contributed by atoms with Crippen LogP contribution in [0.15, 0.2) is 76.7 Å². The molecule has 0 saturated heterocycles. The topological polar surface area (TPSA) is 159 Å². The van der Waals surface area contributed by atoms with Gasteiger partial charge < -0.3 is 15.1 Å². The third-order valence-corrected chi connectivity index (χ3v) is 9.85. The highest BCUT2D eigenvalue weighted by atomic mass is 32.2. The van der Waals surface area contributed by atoms with Gasteiger partial charge in [-0.15, -0.1) is 0 Å². The average molecular weight is 625 g/mol. The van der Waals surface area contributed by atoms with E-state index in [-0.39, 0.29) is 34.2 Å². The van der Waals surface area contributed by atoms with Crippen LogP contribution in [0.3, 0.4) is 0 Å². The van der Waals surface area contributed by atoms with Crippen LogP contribution in [0.25, 0.3) is 22.2 Å². The number of aliphatic hydroxyl groups is 1. The minimum atomic E-state index is -4.11. The first-order valence-corrected chi connectivity index (χ1v) is 16.1. The number of hydrogen-bond acceptors (Lipinski definition) is 7. The SMILES string of the molecule is Cc1ccc(S(=O)(=O)n2c(C#CCO)cc3c(-c4ccc(S(=O)(=O)NCCN(C(=O)O)C(C)(C)C)cc4)ccnc32)cc1. The summed E-state index contributed by atoms with van der Waals surface area (Å²) in [6.07, 6.45) is 0.309. The molecule has 11 nitrogen and oxygen atoms in total. The lowest BCUT2D eigenvalue weighted by atomic mass is 10.0. The molecule has 43 heavy (non-hydrogen) atoms. The smallest absolute Gasteiger partial charge is 0.407 e. The maximum absolute atomic E-state index is 13.7. The summed E-state index contributed by atoms with van der Waals surface area (Å²) < 4.78 is 56.7. The Morgan fingerprint density at radius 2 is 1.63 bits per heavy atom. The van der Waals surface area contributed by atoms with E-state index in [0.29, 0.717) is 16.5 Å². The molecule has 0 atom stereocenters. The molecule has 0 bridgehead atoms. The zero-order valence-corrected chi connectivity index (χ0v) is 25.7. The Labute approximate surface area is 250 Å². The molecule has 0 fully saturated rings. The normalized spacial score (nSPS) is 12.1. The summed E-state index contributed by atoms with van der Waals surface area (Å²) in [5, 5.41) is 19.2. The minimum absolute atomic E-state index is 0.0202. The van der Waals surface area contributed by atoms with Crippen LogP contribution in [0, 0.1) is 18.8 Å². The Bertz CT molecular complexity index is 1930. The highest BCUT2D eigenvalue weighted by Crippen LogP contribution is 2.32. The number of fused-ring (bicyclic) bond motifs is 1. The number of aromatic nitrogens is 2. The first kappa shape index (κ1) is 31.7. The lowest BCUT2D eigenvalue weighted by molar-refractivity contribution is 0.102. The number of aryl methyl sites for hydroxylation is 1. The van der Waals surface area contributed by atoms with Crippen molar-refractivity contribution in [1.29, 1.82) is 0 Å². The molecule has 4 aromatic rings. The van der Waals surface area contributed by atoms with Crippen molar-refractivity contribution in [2.24, 2.45) is 0 Å². The molecule has 0 aliphatic rings. The fourth-order valence-electron chi connectivity index (χ4n) is 4.51. The van der Waals surface area contributed by atoms with Gasteiger partial charge in [0.05, 0.1) is 9.79 Å². The molecule has 0 aliphatic heterocycles. The predicted octanol–water partition coefficient (Wildman–Crippen LogP) is 3.65. The van der Waals surface area contributed by atoms with Crippen molar-refractivity contribution >= 4 is 37.2 Å². The van der Waals surface area contributed by atoms with Crippen LogP contribution in [0.1, 0.15) is 32.0 Å². The summed E-state index contributed by atoms with van der Waals surface area (Å²) >= 11 is 0. The van der Waals surface area contributed by atoms with E-state index in [9.17, 15) is 31.8 Å². The Balaban J connectivity index is 1.70. The second-order valence-corrected chi connectivity index (χ2v) is 14.2. The first-order valence-electron chi connectivity index (χ1n) is 13.2. The number of carbonyl (C=O) groups is 1. The summed E-state index contributed by atoms with van der Waals surface area (Å²) in [5.41, 5.74) is 1.62. The van der Waals surface area contributed by atoms with Gasteiger partial charge in [-0.05, 0) is 81.1 Å². The number of nitrogens with one attached hydrogen (secondary N) is 1. The van der Waals surface area contributed by atoms with E-state index in [0.717, 1.165) is 14.4 Å². The molecule has 2 aromatic heterocycles. The number of benzene rings is 2. The van der Waals surface area contributed by atoms with Gasteiger partial charge in [-0.1, -0.05) is 35.7 Å². The number of pyridine rings is 1. The molecule has 0 saturated carbocycles. The van der Waals surface area contributed by atoms with Crippen molar-refractivity contribution in [1.82, 2.24) is 18.6 Å². The van der Waals surface area contributed by atoms with Crippen molar-refractivity contribution in [3.63, 3.8) is 0 Å². The zero-order valence-electron chi connectivity index (χ0n) is 24.1. The molecule has 0 unspecified atom stereocenters. The summed E-state index contributed by atoms with van der Waals surface area (Å²) in [6, 6.07) is 15.6. The highest BCUT2D eigenvalue weighted by Gasteiger charge is 2.27. The third-order valence-electron chi connectivity index (χ3n) is 6.66. The summed E-state index contributed by atoms with van der Waals surface area (Å²) in [7, 11) is -8.05. The highest BCUT2D eigenvalue weighted by molar-refractivity contribution is 7.90. The van der Waals surface area contributed by atoms with Crippen LogP contribution in [-0.2, 0) is 20.0 Å². The van der Waals surface area contributed by atoms with Crippen molar-refractivity contribution in [2.75, 3.05) is 19.7 Å². The molecular weight excluding hydrogens is 592 g/mol. The van der Waals surface area contributed by atoms with E-state index in [4.69, 9.17) is 0 Å². The fraction of sp³-hybridized carbons (Fsp3) is 0.267. The van der Waals surface area contributed by atoms with Gasteiger partial charge >= 0.3 is 6.09 Å². The van der Waals surface area contributed by atoms with Crippen LogP contribution >= 0.6 is 0 Å². The number of nitrogens with zero attached hydrogens (tertiary/aromatic N) is 3. The Kier molecular flexibility index (Phi) is 8.98. The maximum atomic E-state index is 13.7. The second-order valence-electron chi connectivity index (χ2n) is 10.7. The number of amides is 1. The van der Waals surface area contributed by atoms with Crippen LogP contribution < -0.4 is 4.72 Å². The first-order chi connectivity index (χ1) is 20.2. The van der Waals surface area contributed by atoms with Crippen LogP contribution in [0.5, 0.6) is 0 Å². The Hall–Kier alpha value is -4.22. The van der Waals surface area contributed by atoms with Crippen molar-refractivity contribution in [3.8, 4) is 23.0 Å². The number of aliphatic hydroxyl groups excluding tert-OH is 1. The predicted molar refractivity (Wildman–Crippen MR) is 163 cm³/mol. The van der Waals surface area contributed by atoms with E-state index in [1.807, 2.05) is 6.92 Å². The van der Waals surface area contributed by atoms with Gasteiger partial charge in [-0.3, -0.25) is 0 Å². The number of rotatable bonds is 8. The molecule has 0 aliphatic carbocycles. The van der Waals surface area contributed by atoms with E-state index in [1.165, 1.54) is 30.5 Å². The molecule has 4 rings (SSSR count). The monoisotopic (exact) mass is 624 g/mol. The van der Waals surface area contributed by atoms with Crippen molar-refractivity contribution in [2.45, 2.75) is 43.0 Å². The largest absolute Gasteiger partial charge is 0.465 e. The summed E-state index contributed by atoms with van der Waals surface area (Å²) in [4.78, 5) is 17.1. The van der Waals surface area contributed by atoms with Gasteiger partial charge in [0.25, 0.3) is 10.0 Å². The van der Waals surface area contributed by atoms with E-state index < -0.39 is 38.3 Å². The van der Waals surface area contributed by atoms with Gasteiger partial charge in [0, 0.05) is 30.2 Å². The molecule has 0 radical (unpaired) electrons. The van der Waals surface area contributed by atoms with E-state index in [2.05, 4.69) is 21.5 Å². The fourth-order valence-corrected chi connectivity index (χ4v) is 6.95. The summed E-state index contributed by atoms with van der Waals surface area (Å²) in [5.74, 6) is 5.21. The molecule has 1 amide bonds.